The summed E-state index contributed by atoms with van der Waals surface area (Å²) in [5.41, 5.74) is 1.25. The van der Waals surface area contributed by atoms with Gasteiger partial charge in [-0.25, -0.2) is 14.8 Å². The van der Waals surface area contributed by atoms with E-state index in [-0.39, 0.29) is 11.7 Å². The molecule has 7 heteroatoms. The first kappa shape index (κ1) is 12.3. The molecule has 0 saturated carbocycles. The Kier molecular flexibility index (Phi) is 2.85. The van der Waals surface area contributed by atoms with E-state index in [0.29, 0.717) is 11.2 Å². The van der Waals surface area contributed by atoms with Gasteiger partial charge in [0.25, 0.3) is 0 Å². The van der Waals surface area contributed by atoms with Gasteiger partial charge in [0.15, 0.2) is 5.65 Å². The van der Waals surface area contributed by atoms with Gasteiger partial charge in [-0.2, -0.15) is 0 Å². The Balaban J connectivity index is 1.59. The minimum absolute atomic E-state index is 0.115. The first-order chi connectivity index (χ1) is 10.3. The number of likely N-dealkylation sites (tertiary alicyclic amines) is 1. The monoisotopic (exact) mass is 285 g/mol. The lowest BCUT2D eigenvalue weighted by Gasteiger charge is -2.15. The SMILES string of the molecule is O=c1[nH]c2cncnc2n1[C@H]1CCN(Cc2ccco2)C1. The van der Waals surface area contributed by atoms with Crippen LogP contribution >= 0.6 is 0 Å². The Morgan fingerprint density at radius 3 is 3.29 bits per heavy atom. The van der Waals surface area contributed by atoms with Crippen molar-refractivity contribution in [1.29, 1.82) is 0 Å². The molecule has 1 saturated heterocycles. The highest BCUT2D eigenvalue weighted by Crippen LogP contribution is 2.24. The van der Waals surface area contributed by atoms with Crippen LogP contribution in [0.5, 0.6) is 0 Å². The fraction of sp³-hybridized carbons (Fsp3) is 0.357. The van der Waals surface area contributed by atoms with E-state index in [2.05, 4.69) is 19.9 Å². The first-order valence-electron chi connectivity index (χ1n) is 6.96. The number of rotatable bonds is 3. The summed E-state index contributed by atoms with van der Waals surface area (Å²) < 4.78 is 7.13. The lowest BCUT2D eigenvalue weighted by Crippen LogP contribution is -2.26. The van der Waals surface area contributed by atoms with E-state index in [9.17, 15) is 4.79 Å². The van der Waals surface area contributed by atoms with Gasteiger partial charge in [0.2, 0.25) is 0 Å². The zero-order chi connectivity index (χ0) is 14.2. The van der Waals surface area contributed by atoms with E-state index in [1.165, 1.54) is 6.33 Å². The molecule has 0 amide bonds. The molecule has 3 aromatic heterocycles. The van der Waals surface area contributed by atoms with Crippen LogP contribution in [-0.4, -0.2) is 37.5 Å². The standard InChI is InChI=1S/C14H15N5O2/c20-14-17-12-6-15-9-16-13(12)19(14)10-3-4-18(7-10)8-11-2-1-5-21-11/h1-2,5-6,9-10H,3-4,7-8H2,(H,17,20)/t10-/m0/s1. The van der Waals surface area contributed by atoms with Crippen molar-refractivity contribution in [2.45, 2.75) is 19.0 Å². The number of imidazole rings is 1. The Morgan fingerprint density at radius 1 is 1.48 bits per heavy atom. The molecule has 1 aliphatic heterocycles. The molecule has 0 aliphatic carbocycles. The number of fused-ring (bicyclic) bond motifs is 1. The number of hydrogen-bond acceptors (Lipinski definition) is 5. The van der Waals surface area contributed by atoms with Gasteiger partial charge in [-0.1, -0.05) is 0 Å². The van der Waals surface area contributed by atoms with Crippen molar-refractivity contribution in [1.82, 2.24) is 24.4 Å². The lowest BCUT2D eigenvalue weighted by atomic mass is 10.2. The molecule has 0 spiro atoms. The van der Waals surface area contributed by atoms with Crippen molar-refractivity contribution in [3.05, 3.63) is 47.2 Å². The highest BCUT2D eigenvalue weighted by Gasteiger charge is 2.27. The maximum Gasteiger partial charge on any atom is 0.328 e. The van der Waals surface area contributed by atoms with Gasteiger partial charge in [-0.05, 0) is 18.6 Å². The van der Waals surface area contributed by atoms with Gasteiger partial charge in [0.05, 0.1) is 25.0 Å². The molecule has 108 valence electrons. The summed E-state index contributed by atoms with van der Waals surface area (Å²) in [6.45, 7) is 2.53. The topological polar surface area (TPSA) is 80.0 Å². The Labute approximate surface area is 120 Å². The Morgan fingerprint density at radius 2 is 2.43 bits per heavy atom. The van der Waals surface area contributed by atoms with Gasteiger partial charge in [-0.15, -0.1) is 0 Å². The number of nitrogens with one attached hydrogen (secondary N) is 1. The van der Waals surface area contributed by atoms with Gasteiger partial charge in [-0.3, -0.25) is 9.47 Å². The zero-order valence-electron chi connectivity index (χ0n) is 11.4. The summed E-state index contributed by atoms with van der Waals surface area (Å²) in [6, 6.07) is 4.00. The summed E-state index contributed by atoms with van der Waals surface area (Å²) >= 11 is 0. The normalized spacial score (nSPS) is 19.5. The molecule has 0 radical (unpaired) electrons. The van der Waals surface area contributed by atoms with Gasteiger partial charge in [0, 0.05) is 13.1 Å². The van der Waals surface area contributed by atoms with Crippen LogP contribution in [0.1, 0.15) is 18.2 Å². The minimum Gasteiger partial charge on any atom is -0.468 e. The summed E-state index contributed by atoms with van der Waals surface area (Å²) in [6.07, 6.45) is 5.72. The number of H-pyrrole nitrogens is 1. The summed E-state index contributed by atoms with van der Waals surface area (Å²) in [5.74, 6) is 0.948. The maximum absolute atomic E-state index is 12.2. The second kappa shape index (κ2) is 4.85. The highest BCUT2D eigenvalue weighted by molar-refractivity contribution is 5.69. The molecule has 7 nitrogen and oxygen atoms in total. The van der Waals surface area contributed by atoms with Crippen LogP contribution < -0.4 is 5.69 Å². The molecule has 3 aromatic rings. The maximum atomic E-state index is 12.2. The average molecular weight is 285 g/mol. The number of furan rings is 1. The number of nitrogens with zero attached hydrogens (tertiary/aromatic N) is 4. The van der Waals surface area contributed by atoms with E-state index in [1.54, 1.807) is 17.0 Å². The van der Waals surface area contributed by atoms with Gasteiger partial charge >= 0.3 is 5.69 Å². The Bertz CT molecular complexity index is 804. The summed E-state index contributed by atoms with van der Waals surface area (Å²) in [4.78, 5) is 25.4. The zero-order valence-corrected chi connectivity index (χ0v) is 11.4. The average Bonchev–Trinajstić information content (AvgIpc) is 3.18. The van der Waals surface area contributed by atoms with Crippen LogP contribution in [0, 0.1) is 0 Å². The second-order valence-corrected chi connectivity index (χ2v) is 5.32. The fourth-order valence-corrected chi connectivity index (χ4v) is 3.00. The van der Waals surface area contributed by atoms with Gasteiger partial charge in [0.1, 0.15) is 17.6 Å². The van der Waals surface area contributed by atoms with E-state index in [0.717, 1.165) is 31.8 Å². The first-order valence-corrected chi connectivity index (χ1v) is 6.96. The number of aromatic amines is 1. The minimum atomic E-state index is -0.115. The quantitative estimate of drug-likeness (QED) is 0.781. The molecule has 1 N–H and O–H groups in total. The third-order valence-electron chi connectivity index (χ3n) is 3.95. The van der Waals surface area contributed by atoms with E-state index >= 15 is 0 Å². The summed E-state index contributed by atoms with van der Waals surface area (Å²) in [5, 5.41) is 0. The predicted molar refractivity (Wildman–Crippen MR) is 75.8 cm³/mol. The molecule has 4 heterocycles. The van der Waals surface area contributed by atoms with Crippen LogP contribution in [0.25, 0.3) is 11.2 Å². The molecule has 1 atom stereocenters. The molecule has 4 rings (SSSR count). The van der Waals surface area contributed by atoms with Crippen LogP contribution in [0.3, 0.4) is 0 Å². The van der Waals surface area contributed by atoms with Crippen molar-refractivity contribution in [2.75, 3.05) is 13.1 Å². The fourth-order valence-electron chi connectivity index (χ4n) is 3.00. The van der Waals surface area contributed by atoms with Crippen LogP contribution in [0.4, 0.5) is 0 Å². The molecule has 1 aliphatic rings. The lowest BCUT2D eigenvalue weighted by molar-refractivity contribution is 0.286. The molecular weight excluding hydrogens is 270 g/mol. The molecular formula is C14H15N5O2. The molecule has 1 fully saturated rings. The van der Waals surface area contributed by atoms with E-state index in [4.69, 9.17) is 4.42 Å². The number of hydrogen-bond donors (Lipinski definition) is 1. The second-order valence-electron chi connectivity index (χ2n) is 5.32. The molecule has 0 unspecified atom stereocenters. The van der Waals surface area contributed by atoms with Crippen molar-refractivity contribution in [3.8, 4) is 0 Å². The van der Waals surface area contributed by atoms with Crippen molar-refractivity contribution in [2.24, 2.45) is 0 Å². The molecule has 21 heavy (non-hydrogen) atoms. The highest BCUT2D eigenvalue weighted by atomic mass is 16.3. The molecule has 0 aromatic carbocycles. The Hall–Kier alpha value is -2.41. The van der Waals surface area contributed by atoms with E-state index < -0.39 is 0 Å². The van der Waals surface area contributed by atoms with E-state index in [1.807, 2.05) is 12.1 Å². The van der Waals surface area contributed by atoms with Crippen molar-refractivity contribution in [3.63, 3.8) is 0 Å². The van der Waals surface area contributed by atoms with Gasteiger partial charge < -0.3 is 9.40 Å². The summed E-state index contributed by atoms with van der Waals surface area (Å²) in [7, 11) is 0. The van der Waals surface area contributed by atoms with Crippen molar-refractivity contribution >= 4 is 11.2 Å². The van der Waals surface area contributed by atoms with Crippen LogP contribution in [0.15, 0.2) is 40.1 Å². The van der Waals surface area contributed by atoms with Crippen LogP contribution in [-0.2, 0) is 6.54 Å². The number of aromatic nitrogens is 4. The van der Waals surface area contributed by atoms with Crippen molar-refractivity contribution < 1.29 is 4.42 Å². The predicted octanol–water partition coefficient (Wildman–Crippen LogP) is 1.16. The third kappa shape index (κ3) is 2.15. The molecule has 0 bridgehead atoms. The largest absolute Gasteiger partial charge is 0.468 e. The smallest absolute Gasteiger partial charge is 0.328 e. The van der Waals surface area contributed by atoms with Crippen LogP contribution in [0.2, 0.25) is 0 Å². The third-order valence-corrected chi connectivity index (χ3v) is 3.95.